The van der Waals surface area contributed by atoms with Gasteiger partial charge in [-0.05, 0) is 19.3 Å². The number of nitrogens with zero attached hydrogens (tertiary/aromatic N) is 4. The standard InChI is InChI=1S/C16H30N6O2/c1-12(2)9-14(22-5-7-23-8-6-22)10-18-16(17-4)19-11-15-20-13(3)21-24-15/h12,14H,5-11H2,1-4H3,(H2,17,18,19). The van der Waals surface area contributed by atoms with Gasteiger partial charge in [-0.1, -0.05) is 19.0 Å². The molecule has 1 aliphatic heterocycles. The molecule has 136 valence electrons. The molecule has 0 aromatic carbocycles. The molecular formula is C16H30N6O2. The van der Waals surface area contributed by atoms with Crippen LogP contribution in [-0.2, 0) is 11.3 Å². The molecule has 0 spiro atoms. The predicted molar refractivity (Wildman–Crippen MR) is 92.9 cm³/mol. The average Bonchev–Trinajstić information content (AvgIpc) is 2.99. The van der Waals surface area contributed by atoms with E-state index in [1.807, 2.05) is 0 Å². The summed E-state index contributed by atoms with van der Waals surface area (Å²) in [6.07, 6.45) is 1.15. The highest BCUT2D eigenvalue weighted by atomic mass is 16.5. The topological polar surface area (TPSA) is 87.8 Å². The number of rotatable bonds is 7. The number of guanidine groups is 1. The van der Waals surface area contributed by atoms with Crippen molar-refractivity contribution in [3.63, 3.8) is 0 Å². The zero-order valence-electron chi connectivity index (χ0n) is 15.2. The summed E-state index contributed by atoms with van der Waals surface area (Å²) in [5, 5.41) is 10.4. The number of hydrogen-bond donors (Lipinski definition) is 2. The van der Waals surface area contributed by atoms with Gasteiger partial charge in [-0.2, -0.15) is 4.98 Å². The van der Waals surface area contributed by atoms with Crippen LogP contribution in [0.5, 0.6) is 0 Å². The van der Waals surface area contributed by atoms with Crippen LogP contribution >= 0.6 is 0 Å². The van der Waals surface area contributed by atoms with Crippen LogP contribution in [-0.4, -0.2) is 66.9 Å². The smallest absolute Gasteiger partial charge is 0.246 e. The van der Waals surface area contributed by atoms with Gasteiger partial charge in [0.05, 0.1) is 19.8 Å². The van der Waals surface area contributed by atoms with Crippen molar-refractivity contribution in [1.29, 1.82) is 0 Å². The highest BCUT2D eigenvalue weighted by Crippen LogP contribution is 2.13. The largest absolute Gasteiger partial charge is 0.379 e. The Bertz CT molecular complexity index is 510. The molecule has 0 bridgehead atoms. The maximum Gasteiger partial charge on any atom is 0.246 e. The number of hydrogen-bond acceptors (Lipinski definition) is 6. The van der Waals surface area contributed by atoms with E-state index < -0.39 is 0 Å². The quantitative estimate of drug-likeness (QED) is 0.561. The molecule has 1 aromatic heterocycles. The molecule has 1 saturated heterocycles. The van der Waals surface area contributed by atoms with E-state index in [0.29, 0.717) is 30.2 Å². The SMILES string of the molecule is CN=C(NCc1nc(C)no1)NCC(CC(C)C)N1CCOCC1. The van der Waals surface area contributed by atoms with Crippen molar-refractivity contribution in [3.8, 4) is 0 Å². The van der Waals surface area contributed by atoms with E-state index >= 15 is 0 Å². The van der Waals surface area contributed by atoms with Gasteiger partial charge in [-0.15, -0.1) is 0 Å². The third kappa shape index (κ3) is 6.09. The van der Waals surface area contributed by atoms with E-state index in [-0.39, 0.29) is 0 Å². The Morgan fingerprint density at radius 2 is 2.04 bits per heavy atom. The Morgan fingerprint density at radius 3 is 2.62 bits per heavy atom. The maximum atomic E-state index is 5.47. The molecule has 0 amide bonds. The molecule has 8 heteroatoms. The zero-order chi connectivity index (χ0) is 17.4. The van der Waals surface area contributed by atoms with Crippen molar-refractivity contribution >= 4 is 5.96 Å². The molecule has 8 nitrogen and oxygen atoms in total. The molecule has 0 saturated carbocycles. The number of aryl methyl sites for hydroxylation is 1. The number of morpholine rings is 1. The predicted octanol–water partition coefficient (Wildman–Crippen LogP) is 0.790. The second-order valence-electron chi connectivity index (χ2n) is 6.47. The Hall–Kier alpha value is -1.67. The Labute approximate surface area is 144 Å². The van der Waals surface area contributed by atoms with Gasteiger partial charge in [0, 0.05) is 32.7 Å². The van der Waals surface area contributed by atoms with Crippen LogP contribution in [0.4, 0.5) is 0 Å². The van der Waals surface area contributed by atoms with Crippen molar-refractivity contribution in [3.05, 3.63) is 11.7 Å². The van der Waals surface area contributed by atoms with Gasteiger partial charge in [0.25, 0.3) is 0 Å². The number of aromatic nitrogens is 2. The second kappa shape index (κ2) is 9.58. The summed E-state index contributed by atoms with van der Waals surface area (Å²) in [5.41, 5.74) is 0. The average molecular weight is 338 g/mol. The monoisotopic (exact) mass is 338 g/mol. The van der Waals surface area contributed by atoms with Crippen molar-refractivity contribution in [2.24, 2.45) is 10.9 Å². The van der Waals surface area contributed by atoms with E-state index in [1.54, 1.807) is 14.0 Å². The summed E-state index contributed by atoms with van der Waals surface area (Å²) in [6.45, 7) is 11.3. The van der Waals surface area contributed by atoms with Crippen molar-refractivity contribution in [2.75, 3.05) is 39.9 Å². The number of aliphatic imine (C=N–C) groups is 1. The summed E-state index contributed by atoms with van der Waals surface area (Å²) >= 11 is 0. The summed E-state index contributed by atoms with van der Waals surface area (Å²) in [6, 6.07) is 0.470. The fourth-order valence-corrected chi connectivity index (χ4v) is 2.85. The Balaban J connectivity index is 1.83. The molecule has 1 atom stereocenters. The van der Waals surface area contributed by atoms with Crippen LogP contribution in [0.15, 0.2) is 9.52 Å². The fourth-order valence-electron chi connectivity index (χ4n) is 2.85. The number of nitrogens with one attached hydrogen (secondary N) is 2. The molecule has 1 aliphatic rings. The summed E-state index contributed by atoms with van der Waals surface area (Å²) in [4.78, 5) is 11.0. The first-order chi connectivity index (χ1) is 11.6. The van der Waals surface area contributed by atoms with Gasteiger partial charge in [-0.25, -0.2) is 0 Å². The molecule has 0 radical (unpaired) electrons. The van der Waals surface area contributed by atoms with Gasteiger partial charge < -0.3 is 19.9 Å². The highest BCUT2D eigenvalue weighted by molar-refractivity contribution is 5.79. The lowest BCUT2D eigenvalue weighted by atomic mass is 10.0. The van der Waals surface area contributed by atoms with E-state index in [9.17, 15) is 0 Å². The van der Waals surface area contributed by atoms with Gasteiger partial charge in [0.2, 0.25) is 5.89 Å². The Kier molecular flexibility index (Phi) is 7.45. The molecule has 1 fully saturated rings. The van der Waals surface area contributed by atoms with Crippen LogP contribution in [0, 0.1) is 12.8 Å². The normalized spacial score (nSPS) is 18.0. The number of ether oxygens (including phenoxy) is 1. The van der Waals surface area contributed by atoms with Crippen molar-refractivity contribution in [1.82, 2.24) is 25.7 Å². The van der Waals surface area contributed by atoms with Crippen LogP contribution < -0.4 is 10.6 Å². The van der Waals surface area contributed by atoms with Gasteiger partial charge in [0.15, 0.2) is 11.8 Å². The first-order valence-electron chi connectivity index (χ1n) is 8.64. The maximum absolute atomic E-state index is 5.47. The highest BCUT2D eigenvalue weighted by Gasteiger charge is 2.22. The molecular weight excluding hydrogens is 308 g/mol. The molecule has 24 heavy (non-hydrogen) atoms. The van der Waals surface area contributed by atoms with E-state index in [2.05, 4.69) is 44.5 Å². The van der Waals surface area contributed by atoms with E-state index in [4.69, 9.17) is 9.26 Å². The van der Waals surface area contributed by atoms with Crippen molar-refractivity contribution < 1.29 is 9.26 Å². The fraction of sp³-hybridized carbons (Fsp3) is 0.812. The van der Waals surface area contributed by atoms with Gasteiger partial charge in [0.1, 0.15) is 0 Å². The van der Waals surface area contributed by atoms with Gasteiger partial charge in [-0.3, -0.25) is 9.89 Å². The van der Waals surface area contributed by atoms with Crippen LogP contribution in [0.25, 0.3) is 0 Å². The second-order valence-corrected chi connectivity index (χ2v) is 6.47. The van der Waals surface area contributed by atoms with Crippen LogP contribution in [0.3, 0.4) is 0 Å². The van der Waals surface area contributed by atoms with E-state index in [1.165, 1.54) is 0 Å². The lowest BCUT2D eigenvalue weighted by molar-refractivity contribution is 0.0132. The molecule has 2 heterocycles. The minimum Gasteiger partial charge on any atom is -0.379 e. The molecule has 2 rings (SSSR count). The minimum atomic E-state index is 0.465. The van der Waals surface area contributed by atoms with Crippen LogP contribution in [0.1, 0.15) is 32.0 Å². The first kappa shape index (κ1) is 18.7. The zero-order valence-corrected chi connectivity index (χ0v) is 15.2. The van der Waals surface area contributed by atoms with Gasteiger partial charge >= 0.3 is 0 Å². The third-order valence-corrected chi connectivity index (χ3v) is 4.01. The molecule has 0 aliphatic carbocycles. The lowest BCUT2D eigenvalue weighted by Gasteiger charge is -2.35. The Morgan fingerprint density at radius 1 is 1.29 bits per heavy atom. The first-order valence-corrected chi connectivity index (χ1v) is 8.64. The van der Waals surface area contributed by atoms with Crippen molar-refractivity contribution in [2.45, 2.75) is 39.8 Å². The minimum absolute atomic E-state index is 0.465. The van der Waals surface area contributed by atoms with E-state index in [0.717, 1.165) is 45.2 Å². The summed E-state index contributed by atoms with van der Waals surface area (Å²) in [7, 11) is 1.76. The molecule has 1 aromatic rings. The van der Waals surface area contributed by atoms with Crippen LogP contribution in [0.2, 0.25) is 0 Å². The summed E-state index contributed by atoms with van der Waals surface area (Å²) < 4.78 is 10.6. The summed E-state index contributed by atoms with van der Waals surface area (Å²) in [5.74, 6) is 2.59. The molecule has 1 unspecified atom stereocenters. The molecule has 2 N–H and O–H groups in total. The lowest BCUT2D eigenvalue weighted by Crippen LogP contribution is -2.51. The third-order valence-electron chi connectivity index (χ3n) is 4.01.